The molecule has 3 fully saturated rings. The summed E-state index contributed by atoms with van der Waals surface area (Å²) in [7, 11) is -0.679. The second kappa shape index (κ2) is 9.78. The summed E-state index contributed by atoms with van der Waals surface area (Å²) in [5, 5.41) is 10.9. The number of benzene rings is 2. The van der Waals surface area contributed by atoms with E-state index < -0.39 is 33.2 Å². The van der Waals surface area contributed by atoms with Crippen LogP contribution >= 0.6 is 0 Å². The van der Waals surface area contributed by atoms with Gasteiger partial charge in [-0.05, 0) is 49.6 Å². The highest BCUT2D eigenvalue weighted by atomic mass is 32.2. The Morgan fingerprint density at radius 2 is 1.63 bits per heavy atom. The first-order chi connectivity index (χ1) is 18.0. The molecule has 8 nitrogen and oxygen atoms in total. The molecule has 2 heterocycles. The number of aryl methyl sites for hydroxylation is 1. The molecule has 2 saturated heterocycles. The Hall–Kier alpha value is -2.17. The first kappa shape index (κ1) is 27.4. The van der Waals surface area contributed by atoms with Crippen molar-refractivity contribution in [3.05, 3.63) is 53.6 Å². The predicted molar refractivity (Wildman–Crippen MR) is 143 cm³/mol. The van der Waals surface area contributed by atoms with Crippen molar-refractivity contribution in [1.82, 2.24) is 4.31 Å². The van der Waals surface area contributed by atoms with Crippen LogP contribution in [0.2, 0.25) is 0 Å². The summed E-state index contributed by atoms with van der Waals surface area (Å²) in [6.07, 6.45) is 1.80. The molecule has 1 aliphatic carbocycles. The van der Waals surface area contributed by atoms with Crippen LogP contribution in [0.15, 0.2) is 47.4 Å². The van der Waals surface area contributed by atoms with Crippen molar-refractivity contribution >= 4 is 10.0 Å². The van der Waals surface area contributed by atoms with Crippen molar-refractivity contribution in [2.75, 3.05) is 40.6 Å². The minimum Gasteiger partial charge on any atom is -0.493 e. The summed E-state index contributed by atoms with van der Waals surface area (Å²) in [4.78, 5) is 0.245. The van der Waals surface area contributed by atoms with E-state index in [1.165, 1.54) is 0 Å². The van der Waals surface area contributed by atoms with Gasteiger partial charge in [-0.15, -0.1) is 0 Å². The van der Waals surface area contributed by atoms with Gasteiger partial charge in [-0.3, -0.25) is 0 Å². The Morgan fingerprint density at radius 3 is 2.24 bits per heavy atom. The molecule has 2 aliphatic heterocycles. The van der Waals surface area contributed by atoms with Crippen molar-refractivity contribution in [3.8, 4) is 11.5 Å². The third kappa shape index (κ3) is 4.32. The third-order valence-corrected chi connectivity index (χ3v) is 10.6. The smallest absolute Gasteiger partial charge is 0.243 e. The minimum absolute atomic E-state index is 0.160. The number of sulfonamides is 1. The molecule has 0 amide bonds. The molecule has 0 bridgehead atoms. The molecule has 9 heteroatoms. The van der Waals surface area contributed by atoms with Crippen molar-refractivity contribution in [2.24, 2.45) is 11.3 Å². The second-order valence-electron chi connectivity index (χ2n) is 11.7. The quantitative estimate of drug-likeness (QED) is 0.589. The lowest BCUT2D eigenvalue weighted by atomic mass is 9.60. The highest BCUT2D eigenvalue weighted by molar-refractivity contribution is 7.89. The molecule has 5 rings (SSSR count). The third-order valence-electron chi connectivity index (χ3n) is 8.72. The van der Waals surface area contributed by atoms with Gasteiger partial charge in [0.2, 0.25) is 10.0 Å². The summed E-state index contributed by atoms with van der Waals surface area (Å²) in [6, 6.07) is 12.2. The van der Waals surface area contributed by atoms with Crippen LogP contribution in [0.3, 0.4) is 0 Å². The van der Waals surface area contributed by atoms with Gasteiger partial charge < -0.3 is 24.1 Å². The number of aliphatic hydroxyl groups excluding tert-OH is 1. The van der Waals surface area contributed by atoms with Gasteiger partial charge in [0.1, 0.15) is 0 Å². The Balaban J connectivity index is 1.64. The van der Waals surface area contributed by atoms with Crippen molar-refractivity contribution in [3.63, 3.8) is 0 Å². The van der Waals surface area contributed by atoms with Gasteiger partial charge in [0.05, 0.1) is 44.9 Å². The number of methoxy groups -OCH3 is 2. The maximum atomic E-state index is 14.2. The Bertz CT molecular complexity index is 1270. The second-order valence-corrected chi connectivity index (χ2v) is 13.6. The summed E-state index contributed by atoms with van der Waals surface area (Å²) in [5.41, 5.74) is 1.23. The summed E-state index contributed by atoms with van der Waals surface area (Å²) in [5.74, 6) is -0.437. The lowest BCUT2D eigenvalue weighted by Crippen LogP contribution is -2.66. The van der Waals surface area contributed by atoms with E-state index in [-0.39, 0.29) is 16.9 Å². The molecule has 208 valence electrons. The Morgan fingerprint density at radius 1 is 0.974 bits per heavy atom. The van der Waals surface area contributed by atoms with E-state index >= 15 is 0 Å². The maximum Gasteiger partial charge on any atom is 0.243 e. The number of rotatable bonds is 6. The zero-order valence-electron chi connectivity index (χ0n) is 22.9. The first-order valence-electron chi connectivity index (χ1n) is 13.2. The van der Waals surface area contributed by atoms with Gasteiger partial charge in [0.15, 0.2) is 17.3 Å². The Labute approximate surface area is 225 Å². The minimum atomic E-state index is -3.87. The molecular weight excluding hydrogens is 506 g/mol. The van der Waals surface area contributed by atoms with E-state index in [1.807, 2.05) is 37.3 Å². The lowest BCUT2D eigenvalue weighted by Gasteiger charge is -2.57. The van der Waals surface area contributed by atoms with Crippen LogP contribution in [0.25, 0.3) is 0 Å². The van der Waals surface area contributed by atoms with Crippen LogP contribution in [0, 0.1) is 18.3 Å². The Kier molecular flexibility index (Phi) is 7.05. The molecule has 3 aliphatic rings. The van der Waals surface area contributed by atoms with Crippen LogP contribution < -0.4 is 9.47 Å². The van der Waals surface area contributed by atoms with Crippen LogP contribution in [0.5, 0.6) is 11.5 Å². The number of aliphatic hydroxyl groups is 1. The van der Waals surface area contributed by atoms with Crippen molar-refractivity contribution < 1.29 is 32.5 Å². The monoisotopic (exact) mass is 545 g/mol. The topological polar surface area (TPSA) is 94.5 Å². The summed E-state index contributed by atoms with van der Waals surface area (Å²) in [6.45, 7) is 7.10. The molecule has 2 aromatic carbocycles. The zero-order chi connectivity index (χ0) is 27.3. The lowest BCUT2D eigenvalue weighted by molar-refractivity contribution is -0.344. The molecule has 2 aromatic rings. The molecule has 0 aromatic heterocycles. The zero-order valence-corrected chi connectivity index (χ0v) is 23.7. The highest BCUT2D eigenvalue weighted by Crippen LogP contribution is 2.58. The molecule has 1 saturated carbocycles. The highest BCUT2D eigenvalue weighted by Gasteiger charge is 2.65. The summed E-state index contributed by atoms with van der Waals surface area (Å²) >= 11 is 0. The number of fused-ring (bicyclic) bond motifs is 1. The van der Waals surface area contributed by atoms with Crippen LogP contribution in [0.4, 0.5) is 0 Å². The molecule has 0 radical (unpaired) electrons. The van der Waals surface area contributed by atoms with Gasteiger partial charge in [-0.1, -0.05) is 37.6 Å². The van der Waals surface area contributed by atoms with Gasteiger partial charge in [0, 0.05) is 29.8 Å². The van der Waals surface area contributed by atoms with E-state index in [4.69, 9.17) is 18.9 Å². The van der Waals surface area contributed by atoms with Gasteiger partial charge >= 0.3 is 0 Å². The van der Waals surface area contributed by atoms with E-state index in [0.717, 1.165) is 11.1 Å². The first-order valence-corrected chi connectivity index (χ1v) is 14.7. The number of hydrogen-bond acceptors (Lipinski definition) is 7. The maximum absolute atomic E-state index is 14.2. The fourth-order valence-electron chi connectivity index (χ4n) is 6.59. The molecular formula is C29H39NO7S. The average Bonchev–Trinajstić information content (AvgIpc) is 3.32. The van der Waals surface area contributed by atoms with E-state index in [0.29, 0.717) is 50.5 Å². The van der Waals surface area contributed by atoms with Crippen molar-refractivity contribution in [2.45, 2.75) is 62.2 Å². The van der Waals surface area contributed by atoms with E-state index in [2.05, 4.69) is 13.8 Å². The predicted octanol–water partition coefficient (Wildman–Crippen LogP) is 3.88. The molecule has 38 heavy (non-hydrogen) atoms. The molecule has 3 unspecified atom stereocenters. The van der Waals surface area contributed by atoms with Gasteiger partial charge in [0.25, 0.3) is 0 Å². The molecule has 1 N–H and O–H groups in total. The van der Waals surface area contributed by atoms with E-state index in [1.54, 1.807) is 30.7 Å². The number of ether oxygens (including phenoxy) is 4. The van der Waals surface area contributed by atoms with Crippen LogP contribution in [-0.2, 0) is 24.9 Å². The fourth-order valence-corrected chi connectivity index (χ4v) is 8.32. The van der Waals surface area contributed by atoms with Crippen LogP contribution in [0.1, 0.15) is 44.2 Å². The normalized spacial score (nSPS) is 28.7. The van der Waals surface area contributed by atoms with Crippen LogP contribution in [-0.4, -0.2) is 70.2 Å². The van der Waals surface area contributed by atoms with Gasteiger partial charge in [-0.2, -0.15) is 4.31 Å². The SMILES string of the molecule is COc1ccc(C23CCN(S(=O)(=O)c4ccc(C)cc4)C2C(CO)C2(CC3)OCC(C)(C)CO2)cc1OC. The summed E-state index contributed by atoms with van der Waals surface area (Å²) < 4.78 is 53.8. The fraction of sp³-hybridized carbons (Fsp3) is 0.586. The van der Waals surface area contributed by atoms with Crippen molar-refractivity contribution in [1.29, 1.82) is 0 Å². The number of nitrogens with zero attached hydrogens (tertiary/aromatic N) is 1. The molecule has 3 atom stereocenters. The largest absolute Gasteiger partial charge is 0.493 e. The standard InChI is InChI=1S/C29H39NO7S/c1-20-6-9-22(10-7-20)38(32,33)30-15-14-28(21-8-11-24(34-4)25(16-21)35-5)12-13-29(23(17-31)26(28)30)36-18-27(2,3)19-37-29/h6-11,16,23,26,31H,12-15,17-19H2,1-5H3. The van der Waals surface area contributed by atoms with Gasteiger partial charge in [-0.25, -0.2) is 8.42 Å². The number of hydrogen-bond donors (Lipinski definition) is 1. The molecule has 1 spiro atoms. The van der Waals surface area contributed by atoms with E-state index in [9.17, 15) is 13.5 Å². The average molecular weight is 546 g/mol.